The molecule has 0 aliphatic carbocycles. The van der Waals surface area contributed by atoms with Crippen molar-refractivity contribution in [2.75, 3.05) is 20.2 Å². The van der Waals surface area contributed by atoms with Crippen molar-refractivity contribution in [2.24, 2.45) is 0 Å². The van der Waals surface area contributed by atoms with Crippen molar-refractivity contribution in [3.8, 4) is 11.5 Å². The van der Waals surface area contributed by atoms with Gasteiger partial charge in [-0.15, -0.1) is 0 Å². The number of carbonyl (C=O) groups excluding carboxylic acids is 1. The second-order valence-electron chi connectivity index (χ2n) is 5.42. The Balaban J connectivity index is 1.92. The highest BCUT2D eigenvalue weighted by Gasteiger charge is 2.11. The molecule has 2 aromatic rings. The predicted octanol–water partition coefficient (Wildman–Crippen LogP) is 3.66. The topological polar surface area (TPSA) is 59.6 Å². The van der Waals surface area contributed by atoms with E-state index in [2.05, 4.69) is 10.6 Å². The van der Waals surface area contributed by atoms with Gasteiger partial charge in [0.15, 0.2) is 0 Å². The molecule has 0 saturated carbocycles. The molecular weight excluding hydrogens is 323 g/mol. The molecule has 2 aromatic carbocycles. The number of amides is 1. The maximum Gasteiger partial charge on any atom is 0.412 e. The van der Waals surface area contributed by atoms with E-state index in [0.717, 1.165) is 5.56 Å². The zero-order chi connectivity index (χ0) is 18.1. The molecule has 1 atom stereocenters. The maximum atomic E-state index is 12.9. The largest absolute Gasteiger partial charge is 0.494 e. The van der Waals surface area contributed by atoms with Crippen molar-refractivity contribution < 1.29 is 18.7 Å². The summed E-state index contributed by atoms with van der Waals surface area (Å²) in [7, 11) is 1.86. The molecule has 0 fully saturated rings. The molecule has 1 amide bonds. The van der Waals surface area contributed by atoms with E-state index in [1.165, 1.54) is 12.1 Å². The van der Waals surface area contributed by atoms with Crippen molar-refractivity contribution in [1.29, 1.82) is 0 Å². The lowest BCUT2D eigenvalue weighted by Gasteiger charge is -2.18. The quantitative estimate of drug-likeness (QED) is 0.766. The van der Waals surface area contributed by atoms with Crippen molar-refractivity contribution in [3.63, 3.8) is 0 Å². The Morgan fingerprint density at radius 3 is 2.60 bits per heavy atom. The van der Waals surface area contributed by atoms with Gasteiger partial charge in [0.2, 0.25) is 0 Å². The Hall–Kier alpha value is -2.60. The van der Waals surface area contributed by atoms with Crippen LogP contribution in [0, 0.1) is 5.82 Å². The fourth-order valence-corrected chi connectivity index (χ4v) is 2.39. The number of halogens is 1. The summed E-state index contributed by atoms with van der Waals surface area (Å²) in [4.78, 5) is 11.5. The molecule has 0 aliphatic rings. The van der Waals surface area contributed by atoms with Crippen molar-refractivity contribution in [3.05, 3.63) is 59.9 Å². The van der Waals surface area contributed by atoms with Crippen LogP contribution in [0.15, 0.2) is 48.5 Å². The summed E-state index contributed by atoms with van der Waals surface area (Å²) in [5.74, 6) is 0.831. The summed E-state index contributed by atoms with van der Waals surface area (Å²) in [6.45, 7) is 2.81. The lowest BCUT2D eigenvalue weighted by atomic mass is 10.0. The molecule has 1 unspecified atom stereocenters. The molecule has 0 spiro atoms. The van der Waals surface area contributed by atoms with Crippen LogP contribution in [0.3, 0.4) is 0 Å². The first kappa shape index (κ1) is 18.7. The number of benzene rings is 2. The van der Waals surface area contributed by atoms with E-state index < -0.39 is 6.09 Å². The van der Waals surface area contributed by atoms with E-state index in [0.29, 0.717) is 31.1 Å². The van der Waals surface area contributed by atoms with E-state index in [9.17, 15) is 9.18 Å². The van der Waals surface area contributed by atoms with Crippen LogP contribution in [0.4, 0.5) is 9.18 Å². The van der Waals surface area contributed by atoms with Gasteiger partial charge in [0, 0.05) is 19.0 Å². The number of rotatable bonds is 8. The highest BCUT2D eigenvalue weighted by atomic mass is 19.1. The first-order valence-corrected chi connectivity index (χ1v) is 8.23. The fourth-order valence-electron chi connectivity index (χ4n) is 2.39. The molecule has 5 nitrogen and oxygen atoms in total. The molecule has 134 valence electrons. The number of nitrogens with one attached hydrogen (secondary N) is 2. The highest BCUT2D eigenvalue weighted by Crippen LogP contribution is 2.22. The van der Waals surface area contributed by atoms with Gasteiger partial charge in [0.1, 0.15) is 17.3 Å². The molecule has 0 aromatic heterocycles. The first-order valence-electron chi connectivity index (χ1n) is 8.23. The summed E-state index contributed by atoms with van der Waals surface area (Å²) in [6, 6.07) is 13.3. The highest BCUT2D eigenvalue weighted by molar-refractivity contribution is 5.70. The Bertz CT molecular complexity index is 677. The van der Waals surface area contributed by atoms with Crippen LogP contribution in [0.2, 0.25) is 0 Å². The van der Waals surface area contributed by atoms with E-state index in [-0.39, 0.29) is 11.9 Å². The minimum Gasteiger partial charge on any atom is -0.494 e. The molecule has 0 heterocycles. The summed E-state index contributed by atoms with van der Waals surface area (Å²) in [6.07, 6.45) is 0.235. The second kappa shape index (κ2) is 9.64. The fraction of sp³-hybridized carbons (Fsp3) is 0.316. The van der Waals surface area contributed by atoms with Crippen LogP contribution in [0.5, 0.6) is 11.5 Å². The minimum absolute atomic E-state index is 0.0400. The van der Waals surface area contributed by atoms with E-state index >= 15 is 0 Å². The van der Waals surface area contributed by atoms with Crippen LogP contribution in [-0.4, -0.2) is 26.3 Å². The molecule has 0 bridgehead atoms. The van der Waals surface area contributed by atoms with Crippen LogP contribution in [0.25, 0.3) is 0 Å². The molecule has 0 aliphatic heterocycles. The molecule has 0 radical (unpaired) electrons. The number of hydrogen-bond acceptors (Lipinski definition) is 4. The van der Waals surface area contributed by atoms with Gasteiger partial charge in [-0.1, -0.05) is 12.1 Å². The zero-order valence-electron chi connectivity index (χ0n) is 14.4. The van der Waals surface area contributed by atoms with Crippen LogP contribution < -0.4 is 20.1 Å². The average molecular weight is 346 g/mol. The number of ether oxygens (including phenoxy) is 2. The van der Waals surface area contributed by atoms with Gasteiger partial charge >= 0.3 is 6.09 Å². The lowest BCUT2D eigenvalue weighted by molar-refractivity contribution is 0.201. The Morgan fingerprint density at radius 2 is 1.92 bits per heavy atom. The minimum atomic E-state index is -0.472. The third-order valence-corrected chi connectivity index (χ3v) is 3.63. The van der Waals surface area contributed by atoms with E-state index in [1.807, 2.05) is 32.2 Å². The zero-order valence-corrected chi connectivity index (χ0v) is 14.4. The summed E-state index contributed by atoms with van der Waals surface area (Å²) >= 11 is 0. The molecule has 2 N–H and O–H groups in total. The van der Waals surface area contributed by atoms with Gasteiger partial charge in [-0.2, -0.15) is 0 Å². The molecular formula is C19H23FN2O3. The number of hydrogen-bond donors (Lipinski definition) is 2. The van der Waals surface area contributed by atoms with Crippen LogP contribution >= 0.6 is 0 Å². The first-order chi connectivity index (χ1) is 12.1. The maximum absolute atomic E-state index is 12.9. The standard InChI is InChI=1S/C19H23FN2O3/c1-3-22-19(23)25-17-6-4-5-14(13-17)18(21-2)11-12-24-16-9-7-15(20)8-10-16/h4-10,13,18,21H,3,11-12H2,1-2H3,(H,22,23). The monoisotopic (exact) mass is 346 g/mol. The lowest BCUT2D eigenvalue weighted by Crippen LogP contribution is -2.26. The molecule has 0 saturated heterocycles. The van der Waals surface area contributed by atoms with E-state index in [1.54, 1.807) is 18.2 Å². The summed E-state index contributed by atoms with van der Waals surface area (Å²) in [5, 5.41) is 5.81. The van der Waals surface area contributed by atoms with Crippen LogP contribution in [0.1, 0.15) is 24.9 Å². The van der Waals surface area contributed by atoms with Gasteiger partial charge in [-0.05, 0) is 55.9 Å². The third-order valence-electron chi connectivity index (χ3n) is 3.63. The Morgan fingerprint density at radius 1 is 1.16 bits per heavy atom. The van der Waals surface area contributed by atoms with Crippen molar-refractivity contribution in [1.82, 2.24) is 10.6 Å². The molecule has 25 heavy (non-hydrogen) atoms. The van der Waals surface area contributed by atoms with Gasteiger partial charge in [0.25, 0.3) is 0 Å². The van der Waals surface area contributed by atoms with Gasteiger partial charge in [-0.25, -0.2) is 9.18 Å². The van der Waals surface area contributed by atoms with Gasteiger partial charge in [0.05, 0.1) is 6.61 Å². The van der Waals surface area contributed by atoms with Gasteiger partial charge < -0.3 is 20.1 Å². The van der Waals surface area contributed by atoms with E-state index in [4.69, 9.17) is 9.47 Å². The molecule has 2 rings (SSSR count). The van der Waals surface area contributed by atoms with Crippen LogP contribution in [-0.2, 0) is 0 Å². The third kappa shape index (κ3) is 6.08. The summed E-state index contributed by atoms with van der Waals surface area (Å²) < 4.78 is 23.8. The predicted molar refractivity (Wildman–Crippen MR) is 94.5 cm³/mol. The Kier molecular flexibility index (Phi) is 7.22. The normalized spacial score (nSPS) is 11.6. The molecule has 6 heteroatoms. The SMILES string of the molecule is CCNC(=O)Oc1cccc(C(CCOc2ccc(F)cc2)NC)c1. The second-order valence-corrected chi connectivity index (χ2v) is 5.42. The van der Waals surface area contributed by atoms with Crippen molar-refractivity contribution in [2.45, 2.75) is 19.4 Å². The average Bonchev–Trinajstić information content (AvgIpc) is 2.61. The van der Waals surface area contributed by atoms with Gasteiger partial charge in [-0.3, -0.25) is 0 Å². The smallest absolute Gasteiger partial charge is 0.412 e. The van der Waals surface area contributed by atoms with Crippen molar-refractivity contribution >= 4 is 6.09 Å². The number of carbonyl (C=O) groups is 1. The Labute approximate surface area is 147 Å². The summed E-state index contributed by atoms with van der Waals surface area (Å²) in [5.41, 5.74) is 0.993.